The molecule has 0 saturated carbocycles. The molecule has 244 valence electrons. The van der Waals surface area contributed by atoms with Crippen molar-refractivity contribution in [3.63, 3.8) is 0 Å². The summed E-state index contributed by atoms with van der Waals surface area (Å²) in [4.78, 5) is 39.4. The molecule has 0 fully saturated rings. The van der Waals surface area contributed by atoms with E-state index in [9.17, 15) is 28.3 Å². The number of nitrogens with one attached hydrogen (secondary N) is 1. The first-order valence-electron chi connectivity index (χ1n) is 15.0. The third-order valence-electron chi connectivity index (χ3n) is 7.04. The van der Waals surface area contributed by atoms with Crippen LogP contribution in [0.25, 0.3) is 5.69 Å². The van der Waals surface area contributed by atoms with Crippen molar-refractivity contribution < 1.29 is 33.0 Å². The molecule has 1 heterocycles. The van der Waals surface area contributed by atoms with Crippen molar-refractivity contribution in [1.29, 1.82) is 0 Å². The highest BCUT2D eigenvalue weighted by Crippen LogP contribution is 2.41. The summed E-state index contributed by atoms with van der Waals surface area (Å²) >= 11 is 0. The van der Waals surface area contributed by atoms with E-state index in [-0.39, 0.29) is 25.2 Å². The van der Waals surface area contributed by atoms with Crippen molar-refractivity contribution in [3.8, 4) is 5.69 Å². The Bertz CT molecular complexity index is 1480. The number of alkyl carbamates (subject to hydrolysis) is 1. The number of amides is 2. The highest BCUT2D eigenvalue weighted by Gasteiger charge is 2.39. The van der Waals surface area contributed by atoms with Crippen molar-refractivity contribution in [2.75, 3.05) is 13.1 Å². The zero-order chi connectivity index (χ0) is 33.5. The molecule has 0 aliphatic carbocycles. The fourth-order valence-corrected chi connectivity index (χ4v) is 5.17. The summed E-state index contributed by atoms with van der Waals surface area (Å²) in [6, 6.07) is 12.0. The normalized spacial score (nSPS) is 13.2. The van der Waals surface area contributed by atoms with Crippen molar-refractivity contribution >= 4 is 18.0 Å². The van der Waals surface area contributed by atoms with E-state index in [1.807, 2.05) is 51.1 Å². The van der Waals surface area contributed by atoms with Crippen molar-refractivity contribution in [1.82, 2.24) is 20.0 Å². The quantitative estimate of drug-likeness (QED) is 0.217. The number of rotatable bonds is 12. The van der Waals surface area contributed by atoms with E-state index in [1.165, 1.54) is 4.68 Å². The Hall–Kier alpha value is -4.28. The van der Waals surface area contributed by atoms with Gasteiger partial charge in [0.1, 0.15) is 22.9 Å². The smallest absolute Gasteiger partial charge is 0.407 e. The molecule has 0 radical (unpaired) electrons. The molecule has 0 saturated heterocycles. The first-order chi connectivity index (χ1) is 21.0. The molecule has 9 nitrogen and oxygen atoms in total. The van der Waals surface area contributed by atoms with Crippen LogP contribution in [-0.4, -0.2) is 56.4 Å². The second-order valence-electron chi connectivity index (χ2n) is 13.3. The van der Waals surface area contributed by atoms with Crippen LogP contribution in [0.1, 0.15) is 84.2 Å². The lowest BCUT2D eigenvalue weighted by molar-refractivity contribution is -0.146. The summed E-state index contributed by atoms with van der Waals surface area (Å²) in [5, 5.41) is 16.9. The predicted octanol–water partition coefficient (Wildman–Crippen LogP) is 6.68. The third kappa shape index (κ3) is 10.1. The maximum atomic E-state index is 15.0. The summed E-state index contributed by atoms with van der Waals surface area (Å²) in [6.45, 7) is 13.0. The number of aromatic nitrogens is 2. The van der Waals surface area contributed by atoms with Gasteiger partial charge in [0, 0.05) is 43.3 Å². The second kappa shape index (κ2) is 14.7. The molecule has 45 heavy (non-hydrogen) atoms. The van der Waals surface area contributed by atoms with Gasteiger partial charge in [-0.1, -0.05) is 58.0 Å². The van der Waals surface area contributed by atoms with Crippen LogP contribution in [0.15, 0.2) is 54.7 Å². The Morgan fingerprint density at radius 3 is 2.31 bits per heavy atom. The molecule has 3 rings (SSSR count). The number of carbonyl (C=O) groups excluding carboxylic acids is 2. The van der Waals surface area contributed by atoms with E-state index in [0.29, 0.717) is 24.1 Å². The number of hydrogen-bond donors (Lipinski definition) is 2. The molecule has 2 N–H and O–H groups in total. The molecular formula is C34H44F2N4O5. The van der Waals surface area contributed by atoms with Crippen molar-refractivity contribution in [2.45, 2.75) is 79.4 Å². The van der Waals surface area contributed by atoms with Gasteiger partial charge in [-0.15, -0.1) is 0 Å². The summed E-state index contributed by atoms with van der Waals surface area (Å²) in [5.74, 6) is -3.65. The highest BCUT2D eigenvalue weighted by atomic mass is 19.1. The van der Waals surface area contributed by atoms with Gasteiger partial charge in [-0.2, -0.15) is 5.10 Å². The zero-order valence-corrected chi connectivity index (χ0v) is 27.1. The van der Waals surface area contributed by atoms with Crippen LogP contribution in [0.5, 0.6) is 0 Å². The van der Waals surface area contributed by atoms with E-state index in [1.54, 1.807) is 38.8 Å². The van der Waals surface area contributed by atoms with Crippen LogP contribution in [0, 0.1) is 23.0 Å². The molecule has 0 unspecified atom stereocenters. The number of carbonyl (C=O) groups is 3. The van der Waals surface area contributed by atoms with Gasteiger partial charge in [0.25, 0.3) is 0 Å². The Morgan fingerprint density at radius 1 is 1.04 bits per heavy atom. The monoisotopic (exact) mass is 626 g/mol. The minimum atomic E-state index is -1.11. The predicted molar refractivity (Wildman–Crippen MR) is 167 cm³/mol. The van der Waals surface area contributed by atoms with Crippen LogP contribution in [0.3, 0.4) is 0 Å². The third-order valence-corrected chi connectivity index (χ3v) is 7.04. The maximum Gasteiger partial charge on any atom is 0.407 e. The molecule has 3 aromatic rings. The van der Waals surface area contributed by atoms with Gasteiger partial charge in [-0.05, 0) is 50.3 Å². The largest absolute Gasteiger partial charge is 0.481 e. The lowest BCUT2D eigenvalue weighted by Crippen LogP contribution is -2.45. The summed E-state index contributed by atoms with van der Waals surface area (Å²) in [6.07, 6.45) is 1.42. The van der Waals surface area contributed by atoms with Crippen molar-refractivity contribution in [2.24, 2.45) is 11.3 Å². The standard InChI is InChI=1S/C34H44F2N4O5/c1-22(18-28(41)42)31(43)39(17-11-16-37-32(44)45-34(5,6)7)30(33(2,3)4)29-24(19-23-12-9-8-10-13-23)21-40(38-29)27-20-25(35)14-15-26(27)36/h8-10,12-15,20-22,30H,11,16-19H2,1-7H3,(H,37,44)(H,41,42)/t22-,30-/m0/s1. The summed E-state index contributed by atoms with van der Waals surface area (Å²) in [5.41, 5.74) is 0.727. The SMILES string of the molecule is C[C@@H](CC(=O)O)C(=O)N(CCCNC(=O)OC(C)(C)C)[C@@H](c1nn(-c2cc(F)ccc2F)cc1Cc1ccccc1)C(C)(C)C. The molecule has 11 heteroatoms. The van der Waals surface area contributed by atoms with Crippen LogP contribution >= 0.6 is 0 Å². The fourth-order valence-electron chi connectivity index (χ4n) is 5.17. The van der Waals surface area contributed by atoms with Crippen LogP contribution in [0.2, 0.25) is 0 Å². The number of aliphatic carboxylic acids is 1. The summed E-state index contributed by atoms with van der Waals surface area (Å²) in [7, 11) is 0. The first kappa shape index (κ1) is 35.2. The van der Waals surface area contributed by atoms with Crippen LogP contribution in [0.4, 0.5) is 13.6 Å². The number of ether oxygens (including phenoxy) is 1. The number of carboxylic acid groups (broad SMARTS) is 1. The number of halogens is 2. The van der Waals surface area contributed by atoms with E-state index in [4.69, 9.17) is 9.84 Å². The molecule has 0 aliphatic rings. The fraction of sp³-hybridized carbons (Fsp3) is 0.471. The number of benzene rings is 2. The zero-order valence-electron chi connectivity index (χ0n) is 27.1. The summed E-state index contributed by atoms with van der Waals surface area (Å²) < 4.78 is 35.8. The first-order valence-corrected chi connectivity index (χ1v) is 15.0. The number of nitrogens with zero attached hydrogens (tertiary/aromatic N) is 3. The highest BCUT2D eigenvalue weighted by molar-refractivity contribution is 5.83. The molecule has 0 spiro atoms. The number of hydrogen-bond acceptors (Lipinski definition) is 5. The van der Waals surface area contributed by atoms with Gasteiger partial charge < -0.3 is 20.1 Å². The van der Waals surface area contributed by atoms with Crippen LogP contribution in [-0.2, 0) is 20.7 Å². The van der Waals surface area contributed by atoms with Gasteiger partial charge in [0.05, 0.1) is 18.2 Å². The minimum Gasteiger partial charge on any atom is -0.481 e. The van der Waals surface area contributed by atoms with Gasteiger partial charge in [-0.3, -0.25) is 9.59 Å². The Balaban J connectivity index is 2.10. The Labute approximate surface area is 263 Å². The Morgan fingerprint density at radius 2 is 1.71 bits per heavy atom. The average Bonchev–Trinajstić information content (AvgIpc) is 3.32. The molecule has 1 aromatic heterocycles. The van der Waals surface area contributed by atoms with E-state index in [0.717, 1.165) is 23.8 Å². The molecule has 2 amide bonds. The lowest BCUT2D eigenvalue weighted by Gasteiger charge is -2.41. The van der Waals surface area contributed by atoms with Gasteiger partial charge >= 0.3 is 12.1 Å². The van der Waals surface area contributed by atoms with Crippen LogP contribution < -0.4 is 5.32 Å². The van der Waals surface area contributed by atoms with E-state index in [2.05, 4.69) is 5.32 Å². The molecule has 2 atom stereocenters. The average molecular weight is 627 g/mol. The number of carboxylic acids is 1. The van der Waals surface area contributed by atoms with Gasteiger partial charge in [0.15, 0.2) is 0 Å². The lowest BCUT2D eigenvalue weighted by atomic mass is 9.81. The van der Waals surface area contributed by atoms with E-state index < -0.39 is 52.6 Å². The van der Waals surface area contributed by atoms with E-state index >= 15 is 0 Å². The molecular weight excluding hydrogens is 582 g/mol. The van der Waals surface area contributed by atoms with Gasteiger partial charge in [-0.25, -0.2) is 18.3 Å². The second-order valence-corrected chi connectivity index (χ2v) is 13.3. The molecule has 0 bridgehead atoms. The Kier molecular flexibility index (Phi) is 11.5. The molecule has 0 aliphatic heterocycles. The maximum absolute atomic E-state index is 15.0. The van der Waals surface area contributed by atoms with Crippen molar-refractivity contribution in [3.05, 3.63) is 83.2 Å². The topological polar surface area (TPSA) is 114 Å². The minimum absolute atomic E-state index is 0.0816. The molecule has 2 aromatic carbocycles. The van der Waals surface area contributed by atoms with Gasteiger partial charge in [0.2, 0.25) is 5.91 Å².